The molecule has 4 nitrogen and oxygen atoms in total. The molecule has 2 aromatic rings. The van der Waals surface area contributed by atoms with Crippen LogP contribution in [0, 0.1) is 0 Å². The van der Waals surface area contributed by atoms with Crippen LogP contribution in [-0.4, -0.2) is 29.3 Å². The average molecular weight is 319 g/mol. The summed E-state index contributed by atoms with van der Waals surface area (Å²) >= 11 is 3.54. The van der Waals surface area contributed by atoms with Crippen molar-refractivity contribution >= 4 is 21.7 Å². The summed E-state index contributed by atoms with van der Waals surface area (Å²) < 4.78 is 1.13. The molecule has 0 radical (unpaired) electrons. The van der Waals surface area contributed by atoms with Crippen LogP contribution >= 0.6 is 15.9 Å². The van der Waals surface area contributed by atoms with E-state index >= 15 is 0 Å². The second-order valence-corrected chi connectivity index (χ2v) is 6.29. The Morgan fingerprint density at radius 1 is 1.42 bits per heavy atom. The van der Waals surface area contributed by atoms with E-state index in [1.54, 1.807) is 0 Å². The maximum atomic E-state index is 5.99. The van der Waals surface area contributed by atoms with Gasteiger partial charge in [-0.1, -0.05) is 22.0 Å². The molecule has 1 saturated heterocycles. The smallest absolute Gasteiger partial charge is 0.154 e. The van der Waals surface area contributed by atoms with E-state index in [0.29, 0.717) is 0 Å². The van der Waals surface area contributed by atoms with E-state index < -0.39 is 0 Å². The fourth-order valence-corrected chi connectivity index (χ4v) is 3.54. The first-order valence-corrected chi connectivity index (χ1v) is 7.38. The van der Waals surface area contributed by atoms with E-state index in [2.05, 4.69) is 49.2 Å². The molecule has 98 valence electrons. The lowest BCUT2D eigenvalue weighted by Gasteiger charge is -2.15. The van der Waals surface area contributed by atoms with E-state index in [-0.39, 0.29) is 6.04 Å². The Bertz CT molecular complexity index is 649. The number of anilines is 1. The van der Waals surface area contributed by atoms with Crippen LogP contribution in [0.5, 0.6) is 0 Å². The number of aromatic nitrogens is 2. The molecule has 1 atom stereocenters. The number of halogens is 1. The van der Waals surface area contributed by atoms with Crippen LogP contribution in [0.25, 0.3) is 11.3 Å². The lowest BCUT2D eigenvalue weighted by atomic mass is 10.1. The molecule has 0 bridgehead atoms. The van der Waals surface area contributed by atoms with Gasteiger partial charge in [-0.05, 0) is 24.1 Å². The minimum atomic E-state index is 0.283. The second kappa shape index (κ2) is 4.08. The third-order valence-electron chi connectivity index (χ3n) is 4.07. The Morgan fingerprint density at radius 2 is 2.32 bits per heavy atom. The van der Waals surface area contributed by atoms with Crippen LogP contribution in [-0.2, 0) is 6.42 Å². The third-order valence-corrected chi connectivity index (χ3v) is 4.57. The largest absolute Gasteiger partial charge is 0.353 e. The van der Waals surface area contributed by atoms with Crippen molar-refractivity contribution < 1.29 is 0 Å². The van der Waals surface area contributed by atoms with Gasteiger partial charge in [0.1, 0.15) is 0 Å². The Balaban J connectivity index is 1.75. The quantitative estimate of drug-likeness (QED) is 0.723. The summed E-state index contributed by atoms with van der Waals surface area (Å²) in [7, 11) is 0. The highest BCUT2D eigenvalue weighted by Crippen LogP contribution is 2.41. The Kier molecular flexibility index (Phi) is 2.47. The van der Waals surface area contributed by atoms with Gasteiger partial charge in [0.2, 0.25) is 0 Å². The van der Waals surface area contributed by atoms with Gasteiger partial charge in [0.25, 0.3) is 0 Å². The monoisotopic (exact) mass is 318 g/mol. The first kappa shape index (κ1) is 11.5. The molecule has 1 aromatic heterocycles. The van der Waals surface area contributed by atoms with Crippen molar-refractivity contribution in [3.63, 3.8) is 0 Å². The average Bonchev–Trinajstić information content (AvgIpc) is 3.03. The summed E-state index contributed by atoms with van der Waals surface area (Å²) in [6, 6.07) is 6.72. The van der Waals surface area contributed by atoms with Crippen molar-refractivity contribution in [1.82, 2.24) is 10.2 Å². The van der Waals surface area contributed by atoms with Gasteiger partial charge in [-0.3, -0.25) is 5.10 Å². The first-order chi connectivity index (χ1) is 9.22. The molecule has 3 N–H and O–H groups in total. The molecule has 5 heteroatoms. The lowest BCUT2D eigenvalue weighted by molar-refractivity contribution is 0.751. The number of H-pyrrole nitrogens is 1. The SMILES string of the molecule is NC1CCN(c2n[nH]c3c2Cc2cc(Br)ccc2-3)C1. The van der Waals surface area contributed by atoms with Gasteiger partial charge in [0, 0.05) is 41.2 Å². The number of hydrogen-bond acceptors (Lipinski definition) is 3. The van der Waals surface area contributed by atoms with Gasteiger partial charge >= 0.3 is 0 Å². The normalized spacial score (nSPS) is 20.7. The number of benzene rings is 1. The summed E-state index contributed by atoms with van der Waals surface area (Å²) in [5, 5.41) is 7.72. The molecule has 0 amide bonds. The van der Waals surface area contributed by atoms with E-state index in [9.17, 15) is 0 Å². The summed E-state index contributed by atoms with van der Waals surface area (Å²) in [6.07, 6.45) is 2.02. The van der Waals surface area contributed by atoms with E-state index in [4.69, 9.17) is 5.73 Å². The topological polar surface area (TPSA) is 57.9 Å². The molecule has 19 heavy (non-hydrogen) atoms. The van der Waals surface area contributed by atoms with Crippen LogP contribution in [0.1, 0.15) is 17.5 Å². The van der Waals surface area contributed by atoms with Crippen molar-refractivity contribution in [3.8, 4) is 11.3 Å². The molecule has 1 aromatic carbocycles. The summed E-state index contributed by atoms with van der Waals surface area (Å²) in [4.78, 5) is 2.31. The van der Waals surface area contributed by atoms with Crippen LogP contribution < -0.4 is 10.6 Å². The van der Waals surface area contributed by atoms with Gasteiger partial charge < -0.3 is 10.6 Å². The molecule has 0 saturated carbocycles. The van der Waals surface area contributed by atoms with Crippen LogP contribution in [0.4, 0.5) is 5.82 Å². The lowest BCUT2D eigenvalue weighted by Crippen LogP contribution is -2.27. The second-order valence-electron chi connectivity index (χ2n) is 5.37. The van der Waals surface area contributed by atoms with Gasteiger partial charge in [0.05, 0.1) is 5.69 Å². The molecular formula is C14H15BrN4. The highest BCUT2D eigenvalue weighted by atomic mass is 79.9. The molecule has 2 aliphatic rings. The van der Waals surface area contributed by atoms with Crippen molar-refractivity contribution in [2.24, 2.45) is 5.73 Å². The third kappa shape index (κ3) is 1.72. The molecule has 4 rings (SSSR count). The van der Waals surface area contributed by atoms with E-state index in [1.165, 1.54) is 22.4 Å². The van der Waals surface area contributed by atoms with Crippen LogP contribution in [0.2, 0.25) is 0 Å². The van der Waals surface area contributed by atoms with Gasteiger partial charge in [-0.2, -0.15) is 5.10 Å². The Hall–Kier alpha value is -1.33. The van der Waals surface area contributed by atoms with Crippen LogP contribution in [0.15, 0.2) is 22.7 Å². The molecule has 2 heterocycles. The molecule has 1 fully saturated rings. The molecular weight excluding hydrogens is 304 g/mol. The molecule has 1 aliphatic heterocycles. The molecule has 0 spiro atoms. The standard InChI is InChI=1S/C14H15BrN4/c15-9-1-2-11-8(5-9)6-12-13(11)17-18-14(12)19-4-3-10(16)7-19/h1-2,5,10H,3-4,6-7,16H2,(H,17,18). The van der Waals surface area contributed by atoms with E-state index in [0.717, 1.165) is 36.2 Å². The van der Waals surface area contributed by atoms with Gasteiger partial charge in [-0.15, -0.1) is 0 Å². The fraction of sp³-hybridized carbons (Fsp3) is 0.357. The number of nitrogens with one attached hydrogen (secondary N) is 1. The minimum Gasteiger partial charge on any atom is -0.353 e. The number of fused-ring (bicyclic) bond motifs is 3. The number of hydrogen-bond donors (Lipinski definition) is 2. The predicted octanol–water partition coefficient (Wildman–Crippen LogP) is 2.28. The van der Waals surface area contributed by atoms with Crippen molar-refractivity contribution in [1.29, 1.82) is 0 Å². The number of rotatable bonds is 1. The van der Waals surface area contributed by atoms with Crippen molar-refractivity contribution in [3.05, 3.63) is 33.8 Å². The Labute approximate surface area is 120 Å². The first-order valence-electron chi connectivity index (χ1n) is 6.59. The molecule has 1 aliphatic carbocycles. The zero-order valence-corrected chi connectivity index (χ0v) is 12.1. The zero-order valence-electron chi connectivity index (χ0n) is 10.5. The fourth-order valence-electron chi connectivity index (χ4n) is 3.13. The van der Waals surface area contributed by atoms with Gasteiger partial charge in [-0.25, -0.2) is 0 Å². The van der Waals surface area contributed by atoms with Crippen molar-refractivity contribution in [2.45, 2.75) is 18.9 Å². The molecule has 1 unspecified atom stereocenters. The van der Waals surface area contributed by atoms with E-state index in [1.807, 2.05) is 0 Å². The Morgan fingerprint density at radius 3 is 3.11 bits per heavy atom. The number of nitrogens with zero attached hydrogens (tertiary/aromatic N) is 2. The van der Waals surface area contributed by atoms with Crippen molar-refractivity contribution in [2.75, 3.05) is 18.0 Å². The minimum absolute atomic E-state index is 0.283. The zero-order chi connectivity index (χ0) is 13.0. The maximum absolute atomic E-state index is 5.99. The summed E-state index contributed by atoms with van der Waals surface area (Å²) in [6.45, 7) is 1.93. The summed E-state index contributed by atoms with van der Waals surface area (Å²) in [5.74, 6) is 1.09. The number of nitrogens with two attached hydrogens (primary N) is 1. The maximum Gasteiger partial charge on any atom is 0.154 e. The highest BCUT2D eigenvalue weighted by Gasteiger charge is 2.29. The summed E-state index contributed by atoms with van der Waals surface area (Å²) in [5.41, 5.74) is 11.1. The number of aromatic amines is 1. The predicted molar refractivity (Wildman–Crippen MR) is 79.3 cm³/mol. The van der Waals surface area contributed by atoms with Gasteiger partial charge in [0.15, 0.2) is 5.82 Å². The highest BCUT2D eigenvalue weighted by molar-refractivity contribution is 9.10. The van der Waals surface area contributed by atoms with Crippen LogP contribution in [0.3, 0.4) is 0 Å².